The maximum absolute atomic E-state index is 11.8. The van der Waals surface area contributed by atoms with Crippen LogP contribution in [0.1, 0.15) is 18.1 Å². The Kier molecular flexibility index (Phi) is 6.28. The van der Waals surface area contributed by atoms with Crippen molar-refractivity contribution in [1.29, 1.82) is 0 Å². The van der Waals surface area contributed by atoms with E-state index >= 15 is 0 Å². The SMILES string of the molecule is CC(=O)Nc1ccc(CC(=O)OCC(=O)Nc2ccccc2C)cc1. The number of nitrogens with one attached hydrogen (secondary N) is 2. The van der Waals surface area contributed by atoms with E-state index in [-0.39, 0.29) is 24.8 Å². The van der Waals surface area contributed by atoms with E-state index in [9.17, 15) is 14.4 Å². The fourth-order valence-electron chi connectivity index (χ4n) is 2.17. The molecule has 0 fully saturated rings. The predicted octanol–water partition coefficient (Wildman–Crippen LogP) is 2.68. The minimum Gasteiger partial charge on any atom is -0.455 e. The molecule has 130 valence electrons. The third-order valence-corrected chi connectivity index (χ3v) is 3.41. The molecule has 2 amide bonds. The van der Waals surface area contributed by atoms with Crippen LogP contribution in [-0.4, -0.2) is 24.4 Å². The van der Waals surface area contributed by atoms with Crippen LogP contribution in [0.4, 0.5) is 11.4 Å². The van der Waals surface area contributed by atoms with Crippen LogP contribution in [0.15, 0.2) is 48.5 Å². The molecule has 2 aromatic rings. The Balaban J connectivity index is 1.79. The zero-order chi connectivity index (χ0) is 18.2. The van der Waals surface area contributed by atoms with Gasteiger partial charge in [-0.2, -0.15) is 0 Å². The van der Waals surface area contributed by atoms with Crippen molar-refractivity contribution in [3.8, 4) is 0 Å². The lowest BCUT2D eigenvalue weighted by atomic mass is 10.1. The van der Waals surface area contributed by atoms with Gasteiger partial charge in [0.1, 0.15) is 0 Å². The van der Waals surface area contributed by atoms with Crippen LogP contribution in [0.2, 0.25) is 0 Å². The standard InChI is InChI=1S/C19H20N2O4/c1-13-5-3-4-6-17(13)21-18(23)12-25-19(24)11-15-7-9-16(10-8-15)20-14(2)22/h3-10H,11-12H2,1-2H3,(H,20,22)(H,21,23). The first-order valence-electron chi connectivity index (χ1n) is 7.81. The Morgan fingerprint density at radius 2 is 1.64 bits per heavy atom. The molecule has 0 aromatic heterocycles. The number of ether oxygens (including phenoxy) is 1. The Hall–Kier alpha value is -3.15. The second-order valence-electron chi connectivity index (χ2n) is 5.58. The highest BCUT2D eigenvalue weighted by Crippen LogP contribution is 2.13. The molecule has 0 aliphatic rings. The third kappa shape index (κ3) is 6.10. The molecule has 2 aromatic carbocycles. The van der Waals surface area contributed by atoms with E-state index in [1.807, 2.05) is 25.1 Å². The van der Waals surface area contributed by atoms with Crippen LogP contribution < -0.4 is 10.6 Å². The number of carbonyl (C=O) groups excluding carboxylic acids is 3. The van der Waals surface area contributed by atoms with Crippen molar-refractivity contribution < 1.29 is 19.1 Å². The number of aryl methyl sites for hydroxylation is 1. The summed E-state index contributed by atoms with van der Waals surface area (Å²) in [7, 11) is 0. The van der Waals surface area contributed by atoms with Gasteiger partial charge in [0, 0.05) is 18.3 Å². The molecule has 0 radical (unpaired) electrons. The fraction of sp³-hybridized carbons (Fsp3) is 0.211. The lowest BCUT2D eigenvalue weighted by Gasteiger charge is -2.09. The molecule has 0 saturated heterocycles. The number of amides is 2. The molecule has 0 bridgehead atoms. The van der Waals surface area contributed by atoms with Crippen molar-refractivity contribution in [3.63, 3.8) is 0 Å². The highest BCUT2D eigenvalue weighted by atomic mass is 16.5. The molecule has 0 unspecified atom stereocenters. The van der Waals surface area contributed by atoms with Crippen molar-refractivity contribution in [2.75, 3.05) is 17.2 Å². The monoisotopic (exact) mass is 340 g/mol. The average Bonchev–Trinajstić information content (AvgIpc) is 2.56. The van der Waals surface area contributed by atoms with E-state index in [4.69, 9.17) is 4.74 Å². The van der Waals surface area contributed by atoms with Gasteiger partial charge in [-0.05, 0) is 36.2 Å². The molecule has 6 heteroatoms. The number of hydrogen-bond donors (Lipinski definition) is 2. The molecule has 0 aliphatic heterocycles. The van der Waals surface area contributed by atoms with Crippen molar-refractivity contribution in [3.05, 3.63) is 59.7 Å². The zero-order valence-corrected chi connectivity index (χ0v) is 14.2. The number of para-hydroxylation sites is 1. The minimum atomic E-state index is -0.493. The van der Waals surface area contributed by atoms with Gasteiger partial charge in [0.2, 0.25) is 5.91 Å². The van der Waals surface area contributed by atoms with Crippen LogP contribution >= 0.6 is 0 Å². The van der Waals surface area contributed by atoms with Crippen LogP contribution in [0.3, 0.4) is 0 Å². The summed E-state index contributed by atoms with van der Waals surface area (Å²) in [4.78, 5) is 34.6. The van der Waals surface area contributed by atoms with E-state index in [1.165, 1.54) is 6.92 Å². The zero-order valence-electron chi connectivity index (χ0n) is 14.2. The Bertz CT molecular complexity index is 769. The molecule has 0 heterocycles. The fourth-order valence-corrected chi connectivity index (χ4v) is 2.17. The topological polar surface area (TPSA) is 84.5 Å². The largest absolute Gasteiger partial charge is 0.455 e. The predicted molar refractivity (Wildman–Crippen MR) is 95.2 cm³/mol. The van der Waals surface area contributed by atoms with E-state index in [2.05, 4.69) is 10.6 Å². The molecule has 0 spiro atoms. The second-order valence-corrected chi connectivity index (χ2v) is 5.58. The second kappa shape index (κ2) is 8.63. The van der Waals surface area contributed by atoms with Crippen molar-refractivity contribution in [2.45, 2.75) is 20.3 Å². The first kappa shape index (κ1) is 18.2. The first-order chi connectivity index (χ1) is 11.9. The number of benzene rings is 2. The number of esters is 1. The van der Waals surface area contributed by atoms with Gasteiger partial charge in [-0.1, -0.05) is 30.3 Å². The van der Waals surface area contributed by atoms with Crippen molar-refractivity contribution >= 4 is 29.2 Å². The summed E-state index contributed by atoms with van der Waals surface area (Å²) in [6, 6.07) is 14.2. The van der Waals surface area contributed by atoms with Gasteiger partial charge in [0.05, 0.1) is 6.42 Å². The van der Waals surface area contributed by atoms with Gasteiger partial charge in [-0.15, -0.1) is 0 Å². The van der Waals surface area contributed by atoms with Gasteiger partial charge in [-0.3, -0.25) is 14.4 Å². The molecular formula is C19H20N2O4. The van der Waals surface area contributed by atoms with Crippen LogP contribution in [0.25, 0.3) is 0 Å². The summed E-state index contributed by atoms with van der Waals surface area (Å²) >= 11 is 0. The molecular weight excluding hydrogens is 320 g/mol. The number of hydrogen-bond acceptors (Lipinski definition) is 4. The van der Waals surface area contributed by atoms with Gasteiger partial charge >= 0.3 is 5.97 Å². The Morgan fingerprint density at radius 3 is 2.28 bits per heavy atom. The summed E-state index contributed by atoms with van der Waals surface area (Å²) in [5.41, 5.74) is 3.01. The summed E-state index contributed by atoms with van der Waals surface area (Å²) in [6.45, 7) is 2.97. The first-order valence-corrected chi connectivity index (χ1v) is 7.81. The van der Waals surface area contributed by atoms with Gasteiger partial charge in [0.15, 0.2) is 6.61 Å². The minimum absolute atomic E-state index is 0.0536. The molecule has 25 heavy (non-hydrogen) atoms. The lowest BCUT2D eigenvalue weighted by Crippen LogP contribution is -2.22. The van der Waals surface area contributed by atoms with Crippen LogP contribution in [0.5, 0.6) is 0 Å². The van der Waals surface area contributed by atoms with Gasteiger partial charge < -0.3 is 15.4 Å². The molecule has 2 rings (SSSR count). The van der Waals surface area contributed by atoms with E-state index in [0.29, 0.717) is 11.4 Å². The molecule has 0 aliphatic carbocycles. The lowest BCUT2D eigenvalue weighted by molar-refractivity contribution is -0.146. The van der Waals surface area contributed by atoms with E-state index < -0.39 is 5.97 Å². The quantitative estimate of drug-likeness (QED) is 0.792. The molecule has 0 atom stereocenters. The molecule has 0 saturated carbocycles. The van der Waals surface area contributed by atoms with Gasteiger partial charge in [0.25, 0.3) is 5.91 Å². The summed E-state index contributed by atoms with van der Waals surface area (Å²) in [5.74, 6) is -1.04. The van der Waals surface area contributed by atoms with Crippen molar-refractivity contribution in [1.82, 2.24) is 0 Å². The Morgan fingerprint density at radius 1 is 0.960 bits per heavy atom. The number of carbonyl (C=O) groups is 3. The van der Waals surface area contributed by atoms with Gasteiger partial charge in [-0.25, -0.2) is 0 Å². The van der Waals surface area contributed by atoms with Crippen LogP contribution in [-0.2, 0) is 25.5 Å². The maximum Gasteiger partial charge on any atom is 0.310 e. The van der Waals surface area contributed by atoms with Crippen molar-refractivity contribution in [2.24, 2.45) is 0 Å². The highest BCUT2D eigenvalue weighted by molar-refractivity contribution is 5.93. The van der Waals surface area contributed by atoms with Crippen LogP contribution in [0, 0.1) is 6.92 Å². The van der Waals surface area contributed by atoms with E-state index in [1.54, 1.807) is 30.3 Å². The summed E-state index contributed by atoms with van der Waals surface area (Å²) in [6.07, 6.45) is 0.0536. The van der Waals surface area contributed by atoms with E-state index in [0.717, 1.165) is 11.1 Å². The molecule has 6 nitrogen and oxygen atoms in total. The summed E-state index contributed by atoms with van der Waals surface area (Å²) in [5, 5.41) is 5.34. The third-order valence-electron chi connectivity index (χ3n) is 3.41. The number of anilines is 2. The maximum atomic E-state index is 11.8. The summed E-state index contributed by atoms with van der Waals surface area (Å²) < 4.78 is 4.99. The molecule has 2 N–H and O–H groups in total. The highest BCUT2D eigenvalue weighted by Gasteiger charge is 2.10. The number of rotatable bonds is 6. The average molecular weight is 340 g/mol. The Labute approximate surface area is 146 Å². The smallest absolute Gasteiger partial charge is 0.310 e. The normalized spacial score (nSPS) is 10.0.